The van der Waals surface area contributed by atoms with Gasteiger partial charge in [0, 0.05) is 10.5 Å². The molecule has 0 fully saturated rings. The first-order chi connectivity index (χ1) is 9.95. The van der Waals surface area contributed by atoms with E-state index in [0.717, 1.165) is 28.6 Å². The third-order valence-electron chi connectivity index (χ3n) is 2.95. The van der Waals surface area contributed by atoms with Gasteiger partial charge in [-0.25, -0.2) is 8.78 Å². The Bertz CT molecular complexity index is 632. The number of hydrogen-bond donors (Lipinski definition) is 1. The standard InChI is InChI=1S/C16H16BrF2NO/c1-10(20)6-12-8-13(3-4-14(12)17)21-9-11-2-5-15(18)16(19)7-11/h2-5,7-8,10H,6,9,20H2,1H3. The number of hydrogen-bond acceptors (Lipinski definition) is 2. The Labute approximate surface area is 131 Å². The van der Waals surface area contributed by atoms with Gasteiger partial charge in [-0.2, -0.15) is 0 Å². The molecular formula is C16H16BrF2NO. The van der Waals surface area contributed by atoms with Crippen molar-refractivity contribution in [3.63, 3.8) is 0 Å². The molecule has 0 amide bonds. The van der Waals surface area contributed by atoms with Crippen molar-refractivity contribution in [3.05, 3.63) is 63.6 Å². The monoisotopic (exact) mass is 355 g/mol. The van der Waals surface area contributed by atoms with Crippen molar-refractivity contribution >= 4 is 15.9 Å². The van der Waals surface area contributed by atoms with Crippen LogP contribution in [-0.2, 0) is 13.0 Å². The predicted molar refractivity (Wildman–Crippen MR) is 82.2 cm³/mol. The van der Waals surface area contributed by atoms with E-state index in [1.165, 1.54) is 6.07 Å². The van der Waals surface area contributed by atoms with Gasteiger partial charge in [-0.05, 0) is 54.8 Å². The Morgan fingerprint density at radius 1 is 1.14 bits per heavy atom. The van der Waals surface area contributed by atoms with Crippen LogP contribution < -0.4 is 10.5 Å². The molecule has 5 heteroatoms. The molecule has 2 aromatic carbocycles. The first kappa shape index (κ1) is 15.9. The lowest BCUT2D eigenvalue weighted by atomic mass is 10.1. The lowest BCUT2D eigenvalue weighted by molar-refractivity contribution is 0.304. The highest BCUT2D eigenvalue weighted by molar-refractivity contribution is 9.10. The summed E-state index contributed by atoms with van der Waals surface area (Å²) in [4.78, 5) is 0. The van der Waals surface area contributed by atoms with E-state index in [4.69, 9.17) is 10.5 Å². The topological polar surface area (TPSA) is 35.2 Å². The van der Waals surface area contributed by atoms with E-state index in [2.05, 4.69) is 15.9 Å². The molecule has 0 aliphatic carbocycles. The molecule has 2 nitrogen and oxygen atoms in total. The molecule has 2 N–H and O–H groups in total. The summed E-state index contributed by atoms with van der Waals surface area (Å²) < 4.78 is 32.5. The fraction of sp³-hybridized carbons (Fsp3) is 0.250. The lowest BCUT2D eigenvalue weighted by Crippen LogP contribution is -2.18. The van der Waals surface area contributed by atoms with E-state index < -0.39 is 11.6 Å². The van der Waals surface area contributed by atoms with Crippen LogP contribution in [0.4, 0.5) is 8.78 Å². The first-order valence-electron chi connectivity index (χ1n) is 6.56. The van der Waals surface area contributed by atoms with Gasteiger partial charge in [-0.1, -0.05) is 22.0 Å². The molecule has 0 saturated heterocycles. The summed E-state index contributed by atoms with van der Waals surface area (Å²) in [6.45, 7) is 2.11. The van der Waals surface area contributed by atoms with Crippen LogP contribution in [0.15, 0.2) is 40.9 Å². The smallest absolute Gasteiger partial charge is 0.159 e. The van der Waals surface area contributed by atoms with E-state index in [1.807, 2.05) is 25.1 Å². The molecule has 0 aliphatic rings. The van der Waals surface area contributed by atoms with Gasteiger partial charge in [0.2, 0.25) is 0 Å². The molecule has 0 radical (unpaired) electrons. The minimum Gasteiger partial charge on any atom is -0.489 e. The number of rotatable bonds is 5. The zero-order valence-corrected chi connectivity index (χ0v) is 13.2. The lowest BCUT2D eigenvalue weighted by Gasteiger charge is -2.11. The van der Waals surface area contributed by atoms with Gasteiger partial charge in [0.05, 0.1) is 0 Å². The molecule has 0 spiro atoms. The number of benzene rings is 2. The predicted octanol–water partition coefficient (Wildman–Crippen LogP) is 4.20. The van der Waals surface area contributed by atoms with Crippen molar-refractivity contribution in [2.24, 2.45) is 5.73 Å². The Balaban J connectivity index is 2.07. The molecule has 112 valence electrons. The summed E-state index contributed by atoms with van der Waals surface area (Å²) in [5, 5.41) is 0. The second-order valence-electron chi connectivity index (χ2n) is 4.97. The Hall–Kier alpha value is -1.46. The maximum atomic E-state index is 13.1. The minimum absolute atomic E-state index is 0.0442. The Morgan fingerprint density at radius 3 is 2.57 bits per heavy atom. The van der Waals surface area contributed by atoms with Crippen LogP contribution in [0.2, 0.25) is 0 Å². The molecule has 0 aliphatic heterocycles. The molecule has 1 unspecified atom stereocenters. The number of ether oxygens (including phenoxy) is 1. The van der Waals surface area contributed by atoms with Crippen LogP contribution in [0.5, 0.6) is 5.75 Å². The number of nitrogens with two attached hydrogens (primary N) is 1. The third-order valence-corrected chi connectivity index (χ3v) is 3.72. The van der Waals surface area contributed by atoms with Crippen molar-refractivity contribution in [1.29, 1.82) is 0 Å². The summed E-state index contributed by atoms with van der Waals surface area (Å²) in [6, 6.07) is 9.37. The minimum atomic E-state index is -0.871. The average molecular weight is 356 g/mol. The van der Waals surface area contributed by atoms with Crippen molar-refractivity contribution in [1.82, 2.24) is 0 Å². The molecule has 0 aromatic heterocycles. The summed E-state index contributed by atoms with van der Waals surface area (Å²) >= 11 is 3.47. The van der Waals surface area contributed by atoms with Gasteiger partial charge in [-0.3, -0.25) is 0 Å². The van der Waals surface area contributed by atoms with Crippen LogP contribution in [0.25, 0.3) is 0 Å². The van der Waals surface area contributed by atoms with Crippen LogP contribution in [0.1, 0.15) is 18.1 Å². The molecule has 2 rings (SSSR count). The molecule has 0 bridgehead atoms. The normalized spacial score (nSPS) is 12.2. The Morgan fingerprint density at radius 2 is 1.90 bits per heavy atom. The highest BCUT2D eigenvalue weighted by Gasteiger charge is 2.07. The maximum absolute atomic E-state index is 13.1. The van der Waals surface area contributed by atoms with Crippen LogP contribution in [0.3, 0.4) is 0 Å². The molecule has 0 saturated carbocycles. The van der Waals surface area contributed by atoms with Crippen molar-refractivity contribution in [3.8, 4) is 5.75 Å². The fourth-order valence-corrected chi connectivity index (χ4v) is 2.35. The molecule has 2 aromatic rings. The second-order valence-corrected chi connectivity index (χ2v) is 5.83. The fourth-order valence-electron chi connectivity index (χ4n) is 1.94. The van der Waals surface area contributed by atoms with E-state index >= 15 is 0 Å². The van der Waals surface area contributed by atoms with Gasteiger partial charge >= 0.3 is 0 Å². The van der Waals surface area contributed by atoms with E-state index in [9.17, 15) is 8.78 Å². The highest BCUT2D eigenvalue weighted by atomic mass is 79.9. The van der Waals surface area contributed by atoms with E-state index in [0.29, 0.717) is 11.3 Å². The molecular weight excluding hydrogens is 340 g/mol. The largest absolute Gasteiger partial charge is 0.489 e. The maximum Gasteiger partial charge on any atom is 0.159 e. The van der Waals surface area contributed by atoms with Crippen molar-refractivity contribution in [2.45, 2.75) is 26.0 Å². The second kappa shape index (κ2) is 7.00. The van der Waals surface area contributed by atoms with Crippen molar-refractivity contribution < 1.29 is 13.5 Å². The van der Waals surface area contributed by atoms with E-state index in [1.54, 1.807) is 0 Å². The quantitative estimate of drug-likeness (QED) is 0.872. The van der Waals surface area contributed by atoms with Gasteiger partial charge in [0.1, 0.15) is 12.4 Å². The van der Waals surface area contributed by atoms with Gasteiger partial charge in [0.15, 0.2) is 11.6 Å². The first-order valence-corrected chi connectivity index (χ1v) is 7.35. The third kappa shape index (κ3) is 4.51. The summed E-state index contributed by atoms with van der Waals surface area (Å²) in [6.07, 6.45) is 0.725. The summed E-state index contributed by atoms with van der Waals surface area (Å²) in [5.41, 5.74) is 7.42. The van der Waals surface area contributed by atoms with Crippen LogP contribution in [0, 0.1) is 11.6 Å². The zero-order chi connectivity index (χ0) is 15.4. The SMILES string of the molecule is CC(N)Cc1cc(OCc2ccc(F)c(F)c2)ccc1Br. The van der Waals surface area contributed by atoms with Gasteiger partial charge < -0.3 is 10.5 Å². The van der Waals surface area contributed by atoms with Gasteiger partial charge in [0.25, 0.3) is 0 Å². The number of halogens is 3. The van der Waals surface area contributed by atoms with Crippen LogP contribution >= 0.6 is 15.9 Å². The summed E-state index contributed by atoms with van der Waals surface area (Å²) in [5.74, 6) is -1.07. The zero-order valence-electron chi connectivity index (χ0n) is 11.6. The average Bonchev–Trinajstić information content (AvgIpc) is 2.43. The molecule has 1 atom stereocenters. The van der Waals surface area contributed by atoms with Crippen molar-refractivity contribution in [2.75, 3.05) is 0 Å². The molecule has 0 heterocycles. The highest BCUT2D eigenvalue weighted by Crippen LogP contribution is 2.24. The van der Waals surface area contributed by atoms with Gasteiger partial charge in [-0.15, -0.1) is 0 Å². The van der Waals surface area contributed by atoms with E-state index in [-0.39, 0.29) is 12.6 Å². The molecule has 21 heavy (non-hydrogen) atoms. The summed E-state index contributed by atoms with van der Waals surface area (Å²) in [7, 11) is 0. The Kier molecular flexibility index (Phi) is 5.31. The van der Waals surface area contributed by atoms with Crippen LogP contribution in [-0.4, -0.2) is 6.04 Å².